The first-order valence-electron chi connectivity index (χ1n) is 9.33. The molecule has 0 aliphatic heterocycles. The first kappa shape index (κ1) is 24.4. The molecule has 0 unspecified atom stereocenters. The van der Waals surface area contributed by atoms with Gasteiger partial charge in [-0.3, -0.25) is 0 Å². The molecule has 0 saturated heterocycles. The normalized spacial score (nSPS) is 11.7. The fourth-order valence-electron chi connectivity index (χ4n) is 2.81. The minimum atomic E-state index is -3.83. The fraction of sp³-hybridized carbons (Fsp3) is 0.381. The van der Waals surface area contributed by atoms with Crippen molar-refractivity contribution in [2.24, 2.45) is 0 Å². The Bertz CT molecular complexity index is 954. The average molecular weight is 454 g/mol. The van der Waals surface area contributed by atoms with Crippen LogP contribution >= 0.6 is 11.8 Å². The van der Waals surface area contributed by atoms with Crippen LogP contribution in [0.5, 0.6) is 0 Å². The molecule has 164 valence electrons. The topological polar surface area (TPSA) is 93.1 Å². The number of aromatic carboxylic acids is 1. The molecule has 0 atom stereocenters. The lowest BCUT2D eigenvalue weighted by atomic mass is 10.2. The molecule has 0 bridgehead atoms. The molecule has 2 aromatic rings. The van der Waals surface area contributed by atoms with Crippen LogP contribution in [0, 0.1) is 6.92 Å². The molecule has 0 aliphatic carbocycles. The maximum atomic E-state index is 13.2. The van der Waals surface area contributed by atoms with Gasteiger partial charge >= 0.3 is 5.97 Å². The van der Waals surface area contributed by atoms with Gasteiger partial charge in [-0.1, -0.05) is 29.8 Å². The minimum absolute atomic E-state index is 0.0476. The van der Waals surface area contributed by atoms with Gasteiger partial charge in [-0.15, -0.1) is 11.8 Å². The predicted molar refractivity (Wildman–Crippen MR) is 117 cm³/mol. The number of benzene rings is 2. The van der Waals surface area contributed by atoms with E-state index in [0.717, 1.165) is 11.1 Å². The van der Waals surface area contributed by atoms with Gasteiger partial charge in [-0.25, -0.2) is 13.2 Å². The van der Waals surface area contributed by atoms with Crippen LogP contribution in [0.3, 0.4) is 0 Å². The van der Waals surface area contributed by atoms with Crippen LogP contribution in [0.15, 0.2) is 52.3 Å². The van der Waals surface area contributed by atoms with Crippen molar-refractivity contribution in [3.05, 3.63) is 59.2 Å². The number of hydrogen-bond donors (Lipinski definition) is 1. The molecule has 0 fully saturated rings. The molecule has 0 radical (unpaired) electrons. The van der Waals surface area contributed by atoms with Crippen LogP contribution in [0.25, 0.3) is 0 Å². The van der Waals surface area contributed by atoms with Crippen molar-refractivity contribution < 1.29 is 27.8 Å². The van der Waals surface area contributed by atoms with Gasteiger partial charge in [-0.05, 0) is 30.7 Å². The van der Waals surface area contributed by atoms with E-state index in [1.54, 1.807) is 0 Å². The van der Waals surface area contributed by atoms with Crippen molar-refractivity contribution in [3.8, 4) is 0 Å². The molecular weight excluding hydrogens is 426 g/mol. The number of aryl methyl sites for hydroxylation is 1. The smallest absolute Gasteiger partial charge is 0.336 e. The molecule has 0 heterocycles. The molecule has 7 nitrogen and oxygen atoms in total. The molecule has 0 aromatic heterocycles. The van der Waals surface area contributed by atoms with Crippen LogP contribution in [-0.2, 0) is 25.2 Å². The Hall–Kier alpha value is -1.91. The zero-order valence-electron chi connectivity index (χ0n) is 17.3. The van der Waals surface area contributed by atoms with E-state index in [0.29, 0.717) is 10.6 Å². The third kappa shape index (κ3) is 6.55. The van der Waals surface area contributed by atoms with Crippen LogP contribution in [0.4, 0.5) is 0 Å². The number of methoxy groups -OCH3 is 2. The van der Waals surface area contributed by atoms with E-state index in [9.17, 15) is 18.3 Å². The zero-order chi connectivity index (χ0) is 22.1. The van der Waals surface area contributed by atoms with Crippen molar-refractivity contribution in [3.63, 3.8) is 0 Å². The summed E-state index contributed by atoms with van der Waals surface area (Å²) in [7, 11) is -0.828. The van der Waals surface area contributed by atoms with Gasteiger partial charge in [0.15, 0.2) is 0 Å². The van der Waals surface area contributed by atoms with Crippen molar-refractivity contribution >= 4 is 27.8 Å². The van der Waals surface area contributed by atoms with Crippen molar-refractivity contribution in [1.82, 2.24) is 4.31 Å². The quantitative estimate of drug-likeness (QED) is 0.493. The fourth-order valence-corrected chi connectivity index (χ4v) is 5.34. The van der Waals surface area contributed by atoms with E-state index in [1.807, 2.05) is 31.2 Å². The summed E-state index contributed by atoms with van der Waals surface area (Å²) >= 11 is 1.30. The highest BCUT2D eigenvalue weighted by Gasteiger charge is 2.26. The van der Waals surface area contributed by atoms with Gasteiger partial charge < -0.3 is 14.6 Å². The summed E-state index contributed by atoms with van der Waals surface area (Å²) < 4.78 is 37.6. The molecule has 9 heteroatoms. The first-order valence-corrected chi connectivity index (χ1v) is 11.8. The van der Waals surface area contributed by atoms with Crippen LogP contribution < -0.4 is 0 Å². The summed E-state index contributed by atoms with van der Waals surface area (Å²) in [5, 5.41) is 9.54. The van der Waals surface area contributed by atoms with Gasteiger partial charge in [0.05, 0.1) is 23.7 Å². The number of carbonyl (C=O) groups is 1. The number of thioether (sulfide) groups is 1. The molecule has 2 aromatic carbocycles. The monoisotopic (exact) mass is 453 g/mol. The zero-order valence-corrected chi connectivity index (χ0v) is 19.0. The second-order valence-electron chi connectivity index (χ2n) is 6.63. The lowest BCUT2D eigenvalue weighted by Crippen LogP contribution is -2.36. The van der Waals surface area contributed by atoms with Crippen LogP contribution in [-0.4, -0.2) is 64.3 Å². The van der Waals surface area contributed by atoms with Crippen LogP contribution in [0.1, 0.15) is 21.5 Å². The van der Waals surface area contributed by atoms with Crippen molar-refractivity contribution in [2.45, 2.75) is 22.5 Å². The highest BCUT2D eigenvalue weighted by atomic mass is 32.2. The van der Waals surface area contributed by atoms with E-state index in [4.69, 9.17) is 9.47 Å². The van der Waals surface area contributed by atoms with E-state index >= 15 is 0 Å². The summed E-state index contributed by atoms with van der Waals surface area (Å²) in [5.41, 5.74) is 2.22. The maximum Gasteiger partial charge on any atom is 0.336 e. The average Bonchev–Trinajstić information content (AvgIpc) is 2.72. The third-order valence-electron chi connectivity index (χ3n) is 4.39. The lowest BCUT2D eigenvalue weighted by molar-refractivity contribution is 0.0693. The second kappa shape index (κ2) is 11.5. The highest BCUT2D eigenvalue weighted by molar-refractivity contribution is 7.98. The number of carboxylic acids is 1. The third-order valence-corrected chi connectivity index (χ3v) is 7.41. The van der Waals surface area contributed by atoms with E-state index in [1.165, 1.54) is 48.5 Å². The Morgan fingerprint density at radius 1 is 1.07 bits per heavy atom. The molecule has 2 rings (SSSR count). The van der Waals surface area contributed by atoms with Crippen molar-refractivity contribution in [2.75, 3.05) is 40.5 Å². The van der Waals surface area contributed by atoms with Gasteiger partial charge in [0.1, 0.15) is 0 Å². The second-order valence-corrected chi connectivity index (χ2v) is 9.59. The Balaban J connectivity index is 2.35. The van der Waals surface area contributed by atoms with E-state index in [2.05, 4.69) is 0 Å². The van der Waals surface area contributed by atoms with Gasteiger partial charge in [0.2, 0.25) is 10.0 Å². The highest BCUT2D eigenvalue weighted by Crippen LogP contribution is 2.30. The molecule has 0 amide bonds. The lowest BCUT2D eigenvalue weighted by Gasteiger charge is -2.22. The molecule has 30 heavy (non-hydrogen) atoms. The SMILES string of the molecule is COCCN(CCOC)S(=O)(=O)c1ccc(C(=O)O)c(SCc2cccc(C)c2)c1. The predicted octanol–water partition coefficient (Wildman–Crippen LogP) is 3.27. The Morgan fingerprint density at radius 2 is 1.73 bits per heavy atom. The van der Waals surface area contributed by atoms with E-state index < -0.39 is 16.0 Å². The number of hydrogen-bond acceptors (Lipinski definition) is 6. The molecule has 1 N–H and O–H groups in total. The summed E-state index contributed by atoms with van der Waals surface area (Å²) in [4.78, 5) is 12.1. The maximum absolute atomic E-state index is 13.2. The van der Waals surface area contributed by atoms with Gasteiger partial charge in [0.25, 0.3) is 0 Å². The molecular formula is C21H27NO6S2. The number of rotatable bonds is 12. The van der Waals surface area contributed by atoms with Crippen LogP contribution in [0.2, 0.25) is 0 Å². The van der Waals surface area contributed by atoms with E-state index in [-0.39, 0.29) is 36.8 Å². The summed E-state index contributed by atoms with van der Waals surface area (Å²) in [6.45, 7) is 2.82. The molecule has 0 aliphatic rings. The number of ether oxygens (including phenoxy) is 2. The summed E-state index contributed by atoms with van der Waals surface area (Å²) in [6, 6.07) is 12.0. The Kier molecular flexibility index (Phi) is 9.32. The largest absolute Gasteiger partial charge is 0.478 e. The number of nitrogens with zero attached hydrogens (tertiary/aromatic N) is 1. The Morgan fingerprint density at radius 3 is 2.30 bits per heavy atom. The Labute approximate surface area is 182 Å². The minimum Gasteiger partial charge on any atom is -0.478 e. The number of sulfonamides is 1. The molecule has 0 saturated carbocycles. The van der Waals surface area contributed by atoms with Gasteiger partial charge in [-0.2, -0.15) is 4.31 Å². The summed E-state index contributed by atoms with van der Waals surface area (Å²) in [6.07, 6.45) is 0. The summed E-state index contributed by atoms with van der Waals surface area (Å²) in [5.74, 6) is -0.566. The molecule has 0 spiro atoms. The number of carboxylic acid groups (broad SMARTS) is 1. The van der Waals surface area contributed by atoms with Gasteiger partial charge in [0, 0.05) is 38.0 Å². The first-order chi connectivity index (χ1) is 14.3. The van der Waals surface area contributed by atoms with Crippen molar-refractivity contribution in [1.29, 1.82) is 0 Å². The standard InChI is InChI=1S/C21H27NO6S2/c1-16-5-4-6-17(13-16)15-29-20-14-18(7-8-19(20)21(23)24)30(25,26)22(9-11-27-2)10-12-28-3/h4-8,13-14H,9-12,15H2,1-3H3,(H,23,24).